The van der Waals surface area contributed by atoms with Crippen LogP contribution in [0.15, 0.2) is 30.3 Å². The van der Waals surface area contributed by atoms with Gasteiger partial charge in [0.1, 0.15) is 5.78 Å². The van der Waals surface area contributed by atoms with E-state index in [1.165, 1.54) is 5.56 Å². The Balaban J connectivity index is 1.68. The lowest BCUT2D eigenvalue weighted by molar-refractivity contribution is -0.140. The van der Waals surface area contributed by atoms with Crippen molar-refractivity contribution in [3.8, 4) is 0 Å². The van der Waals surface area contributed by atoms with E-state index in [1.807, 2.05) is 23.1 Å². The predicted octanol–water partition coefficient (Wildman–Crippen LogP) is 2.40. The molecule has 1 saturated heterocycles. The van der Waals surface area contributed by atoms with Gasteiger partial charge in [-0.2, -0.15) is 0 Å². The van der Waals surface area contributed by atoms with Gasteiger partial charge in [-0.1, -0.05) is 30.3 Å². The highest BCUT2D eigenvalue weighted by Gasteiger charge is 2.37. The highest BCUT2D eigenvalue weighted by molar-refractivity contribution is 5.82. The summed E-state index contributed by atoms with van der Waals surface area (Å²) in [6, 6.07) is 10.1. The number of ketones is 1. The molecule has 3 heteroatoms. The Labute approximate surface area is 113 Å². The zero-order valence-corrected chi connectivity index (χ0v) is 11.0. The van der Waals surface area contributed by atoms with Crippen molar-refractivity contribution < 1.29 is 9.59 Å². The Morgan fingerprint density at radius 3 is 2.63 bits per heavy atom. The maximum Gasteiger partial charge on any atom is 0.223 e. The third kappa shape index (κ3) is 2.70. The first-order valence-corrected chi connectivity index (χ1v) is 7.06. The van der Waals surface area contributed by atoms with Crippen LogP contribution in [0.3, 0.4) is 0 Å². The third-order valence-corrected chi connectivity index (χ3v) is 4.41. The molecule has 1 aromatic carbocycles. The van der Waals surface area contributed by atoms with Gasteiger partial charge in [0.15, 0.2) is 0 Å². The van der Waals surface area contributed by atoms with Gasteiger partial charge in [0.05, 0.1) is 0 Å². The lowest BCUT2D eigenvalue weighted by atomic mass is 9.74. The molecule has 1 aliphatic carbocycles. The van der Waals surface area contributed by atoms with Gasteiger partial charge < -0.3 is 4.90 Å². The number of carbonyl (C=O) groups excluding carboxylic acids is 2. The smallest absolute Gasteiger partial charge is 0.223 e. The van der Waals surface area contributed by atoms with Crippen molar-refractivity contribution in [1.29, 1.82) is 0 Å². The first-order chi connectivity index (χ1) is 9.22. The zero-order valence-electron chi connectivity index (χ0n) is 11.0. The second kappa shape index (κ2) is 5.16. The summed E-state index contributed by atoms with van der Waals surface area (Å²) in [5.41, 5.74) is 1.18. The Kier molecular flexibility index (Phi) is 3.36. The van der Waals surface area contributed by atoms with Gasteiger partial charge in [-0.15, -0.1) is 0 Å². The van der Waals surface area contributed by atoms with Gasteiger partial charge in [0.25, 0.3) is 0 Å². The molecule has 1 amide bonds. The summed E-state index contributed by atoms with van der Waals surface area (Å²) in [6.07, 6.45) is 2.84. The Hall–Kier alpha value is -1.64. The molecule has 1 aromatic rings. The summed E-state index contributed by atoms with van der Waals surface area (Å²) in [5, 5.41) is 0. The van der Waals surface area contributed by atoms with Crippen molar-refractivity contribution in [2.24, 2.45) is 11.8 Å². The monoisotopic (exact) mass is 257 g/mol. The molecular weight excluding hydrogens is 238 g/mol. The van der Waals surface area contributed by atoms with E-state index >= 15 is 0 Å². The van der Waals surface area contributed by atoms with Crippen molar-refractivity contribution in [2.45, 2.75) is 32.2 Å². The molecule has 3 nitrogen and oxygen atoms in total. The minimum Gasteiger partial charge on any atom is -0.338 e. The molecule has 2 fully saturated rings. The number of piperidine rings is 1. The number of hydrogen-bond donors (Lipinski definition) is 0. The standard InChI is InChI=1S/C16H19NO2/c18-15-7-6-13-11-17(16(19)9-14(13)8-15)10-12-4-2-1-3-5-12/h1-5,13-14H,6-11H2/t13-,14+/m0/s1. The van der Waals surface area contributed by atoms with Crippen LogP contribution in [0.1, 0.15) is 31.2 Å². The van der Waals surface area contributed by atoms with Crippen molar-refractivity contribution in [3.05, 3.63) is 35.9 Å². The number of Topliss-reactive ketones (excluding diaryl/α,β-unsaturated/α-hetero) is 1. The summed E-state index contributed by atoms with van der Waals surface area (Å²) in [6.45, 7) is 1.53. The predicted molar refractivity (Wildman–Crippen MR) is 72.3 cm³/mol. The molecule has 0 unspecified atom stereocenters. The lowest BCUT2D eigenvalue weighted by Gasteiger charge is -2.40. The minimum atomic E-state index is 0.208. The number of rotatable bonds is 2. The second-order valence-corrected chi connectivity index (χ2v) is 5.77. The summed E-state index contributed by atoms with van der Waals surface area (Å²) in [5.74, 6) is 1.38. The molecule has 0 N–H and O–H groups in total. The number of fused-ring (bicyclic) bond motifs is 1. The van der Waals surface area contributed by atoms with E-state index in [1.54, 1.807) is 0 Å². The van der Waals surface area contributed by atoms with E-state index < -0.39 is 0 Å². The Bertz CT molecular complexity index is 483. The highest BCUT2D eigenvalue weighted by atomic mass is 16.2. The van der Waals surface area contributed by atoms with Crippen LogP contribution in [0.25, 0.3) is 0 Å². The number of nitrogens with zero attached hydrogens (tertiary/aromatic N) is 1. The fourth-order valence-corrected chi connectivity index (χ4v) is 3.32. The third-order valence-electron chi connectivity index (χ3n) is 4.41. The molecular formula is C16H19NO2. The average Bonchev–Trinajstić information content (AvgIpc) is 2.41. The SMILES string of the molecule is O=C1CC[C@H]2CN(Cc3ccccc3)C(=O)C[C@H]2C1. The van der Waals surface area contributed by atoms with E-state index in [2.05, 4.69) is 12.1 Å². The van der Waals surface area contributed by atoms with E-state index in [-0.39, 0.29) is 5.91 Å². The van der Waals surface area contributed by atoms with Gasteiger partial charge in [-0.3, -0.25) is 9.59 Å². The first-order valence-electron chi connectivity index (χ1n) is 7.06. The largest absolute Gasteiger partial charge is 0.338 e. The number of likely N-dealkylation sites (tertiary alicyclic amines) is 1. The van der Waals surface area contributed by atoms with E-state index in [4.69, 9.17) is 0 Å². The Morgan fingerprint density at radius 2 is 1.84 bits per heavy atom. The van der Waals surface area contributed by atoms with Gasteiger partial charge in [0.2, 0.25) is 5.91 Å². The second-order valence-electron chi connectivity index (χ2n) is 5.77. The van der Waals surface area contributed by atoms with E-state index in [0.29, 0.717) is 43.4 Å². The van der Waals surface area contributed by atoms with Crippen LogP contribution in [0, 0.1) is 11.8 Å². The fraction of sp³-hybridized carbons (Fsp3) is 0.500. The molecule has 1 aliphatic heterocycles. The first kappa shape index (κ1) is 12.4. The molecule has 100 valence electrons. The molecule has 1 heterocycles. The molecule has 1 saturated carbocycles. The summed E-state index contributed by atoms with van der Waals surface area (Å²) in [7, 11) is 0. The Morgan fingerprint density at radius 1 is 1.05 bits per heavy atom. The summed E-state index contributed by atoms with van der Waals surface area (Å²) >= 11 is 0. The topological polar surface area (TPSA) is 37.4 Å². The van der Waals surface area contributed by atoms with Crippen molar-refractivity contribution >= 4 is 11.7 Å². The summed E-state index contributed by atoms with van der Waals surface area (Å²) < 4.78 is 0. The lowest BCUT2D eigenvalue weighted by Crippen LogP contribution is -2.46. The number of hydrogen-bond acceptors (Lipinski definition) is 2. The minimum absolute atomic E-state index is 0.208. The van der Waals surface area contributed by atoms with E-state index in [0.717, 1.165) is 13.0 Å². The fourth-order valence-electron chi connectivity index (χ4n) is 3.32. The van der Waals surface area contributed by atoms with Crippen LogP contribution in [0.2, 0.25) is 0 Å². The van der Waals surface area contributed by atoms with Crippen LogP contribution in [-0.2, 0) is 16.1 Å². The van der Waals surface area contributed by atoms with Gasteiger partial charge in [0, 0.05) is 32.4 Å². The molecule has 0 aromatic heterocycles. The number of carbonyl (C=O) groups is 2. The van der Waals surface area contributed by atoms with Gasteiger partial charge in [-0.05, 0) is 23.8 Å². The molecule has 2 aliphatic rings. The van der Waals surface area contributed by atoms with Crippen molar-refractivity contribution in [1.82, 2.24) is 4.90 Å². The van der Waals surface area contributed by atoms with E-state index in [9.17, 15) is 9.59 Å². The van der Waals surface area contributed by atoms with Crippen molar-refractivity contribution in [2.75, 3.05) is 6.54 Å². The quantitative estimate of drug-likeness (QED) is 0.816. The molecule has 0 spiro atoms. The zero-order chi connectivity index (χ0) is 13.2. The maximum atomic E-state index is 12.2. The molecule has 0 radical (unpaired) electrons. The highest BCUT2D eigenvalue weighted by Crippen LogP contribution is 2.35. The van der Waals surface area contributed by atoms with Gasteiger partial charge in [-0.25, -0.2) is 0 Å². The normalized spacial score (nSPS) is 27.3. The molecule has 2 atom stereocenters. The molecule has 19 heavy (non-hydrogen) atoms. The number of amides is 1. The molecule has 3 rings (SSSR count). The van der Waals surface area contributed by atoms with Crippen LogP contribution >= 0.6 is 0 Å². The van der Waals surface area contributed by atoms with Crippen LogP contribution in [0.5, 0.6) is 0 Å². The van der Waals surface area contributed by atoms with Gasteiger partial charge >= 0.3 is 0 Å². The van der Waals surface area contributed by atoms with Crippen LogP contribution in [-0.4, -0.2) is 23.1 Å². The number of benzene rings is 1. The van der Waals surface area contributed by atoms with Crippen LogP contribution in [0.4, 0.5) is 0 Å². The van der Waals surface area contributed by atoms with Crippen molar-refractivity contribution in [3.63, 3.8) is 0 Å². The average molecular weight is 257 g/mol. The summed E-state index contributed by atoms with van der Waals surface area (Å²) in [4.78, 5) is 25.6. The molecule has 0 bridgehead atoms. The van der Waals surface area contributed by atoms with Crippen LogP contribution < -0.4 is 0 Å². The maximum absolute atomic E-state index is 12.2.